The van der Waals surface area contributed by atoms with Crippen molar-refractivity contribution in [2.24, 2.45) is 4.99 Å². The predicted octanol–water partition coefficient (Wildman–Crippen LogP) is 6.63. The van der Waals surface area contributed by atoms with Crippen LogP contribution in [-0.2, 0) is 24.6 Å². The van der Waals surface area contributed by atoms with E-state index in [1.54, 1.807) is 0 Å². The van der Waals surface area contributed by atoms with Crippen LogP contribution < -0.4 is 9.47 Å². The summed E-state index contributed by atoms with van der Waals surface area (Å²) in [4.78, 5) is 22.6. The van der Waals surface area contributed by atoms with Crippen LogP contribution >= 0.6 is 11.8 Å². The minimum Gasteiger partial charge on any atom is -0.485 e. The van der Waals surface area contributed by atoms with Crippen LogP contribution in [0.5, 0.6) is 11.5 Å². The maximum Gasteiger partial charge on any atom is 0.286 e. The van der Waals surface area contributed by atoms with E-state index in [4.69, 9.17) is 9.47 Å². The number of amidine groups is 1. The molecule has 6 rings (SSSR count). The Morgan fingerprint density at radius 1 is 0.690 bits per heavy atom. The standard InChI is InChI=1S/C35H33N3O3S/c39-34-33(42-35(36-34)38-20-18-37(19-21-38)24-27-10-4-1-5-11-27)23-30-16-17-31(40-25-28-12-6-2-7-13-28)32(22-30)41-26-29-14-8-3-9-15-29/h1-17,22-23H,18-21,24-26H2/b33-23-. The zero-order valence-corrected chi connectivity index (χ0v) is 24.2. The fourth-order valence-electron chi connectivity index (χ4n) is 4.94. The average molecular weight is 576 g/mol. The number of hydrogen-bond donors (Lipinski definition) is 0. The van der Waals surface area contributed by atoms with Crippen LogP contribution in [0, 0.1) is 0 Å². The van der Waals surface area contributed by atoms with Gasteiger partial charge in [-0.1, -0.05) is 97.1 Å². The van der Waals surface area contributed by atoms with Crippen molar-refractivity contribution in [3.05, 3.63) is 136 Å². The number of thioether (sulfide) groups is 1. The lowest BCUT2D eigenvalue weighted by molar-refractivity contribution is -0.113. The van der Waals surface area contributed by atoms with Gasteiger partial charge in [0, 0.05) is 32.7 Å². The summed E-state index contributed by atoms with van der Waals surface area (Å²) in [5, 5.41) is 0.786. The van der Waals surface area contributed by atoms with Gasteiger partial charge >= 0.3 is 0 Å². The van der Waals surface area contributed by atoms with Crippen molar-refractivity contribution in [1.82, 2.24) is 9.80 Å². The molecular formula is C35H33N3O3S. The predicted molar refractivity (Wildman–Crippen MR) is 169 cm³/mol. The highest BCUT2D eigenvalue weighted by atomic mass is 32.2. The lowest BCUT2D eigenvalue weighted by Crippen LogP contribution is -2.47. The summed E-state index contributed by atoms with van der Waals surface area (Å²) in [6.45, 7) is 5.38. The average Bonchev–Trinajstić information content (AvgIpc) is 3.41. The second kappa shape index (κ2) is 13.6. The molecule has 42 heavy (non-hydrogen) atoms. The van der Waals surface area contributed by atoms with Gasteiger partial charge in [0.05, 0.1) is 4.91 Å². The molecule has 6 nitrogen and oxygen atoms in total. The van der Waals surface area contributed by atoms with E-state index in [1.165, 1.54) is 17.3 Å². The van der Waals surface area contributed by atoms with E-state index < -0.39 is 0 Å². The summed E-state index contributed by atoms with van der Waals surface area (Å²) >= 11 is 1.45. The van der Waals surface area contributed by atoms with Crippen LogP contribution in [-0.4, -0.2) is 47.1 Å². The molecular weight excluding hydrogens is 542 g/mol. The Balaban J connectivity index is 1.12. The Kier molecular flexibility index (Phi) is 8.98. The second-order valence-electron chi connectivity index (χ2n) is 10.3. The van der Waals surface area contributed by atoms with Gasteiger partial charge in [0.25, 0.3) is 5.91 Å². The van der Waals surface area contributed by atoms with Crippen molar-refractivity contribution >= 4 is 28.9 Å². The molecule has 0 saturated carbocycles. The van der Waals surface area contributed by atoms with Gasteiger partial charge in [-0.15, -0.1) is 0 Å². The molecule has 2 aliphatic heterocycles. The number of amides is 1. The highest BCUT2D eigenvalue weighted by molar-refractivity contribution is 8.18. The third-order valence-electron chi connectivity index (χ3n) is 7.24. The number of aliphatic imine (C=N–C) groups is 1. The van der Waals surface area contributed by atoms with Crippen LogP contribution in [0.25, 0.3) is 6.08 Å². The topological polar surface area (TPSA) is 54.4 Å². The summed E-state index contributed by atoms with van der Waals surface area (Å²) in [6.07, 6.45) is 1.89. The maximum absolute atomic E-state index is 12.9. The number of piperazine rings is 1. The van der Waals surface area contributed by atoms with E-state index in [0.717, 1.165) is 54.6 Å². The molecule has 212 valence electrons. The number of hydrogen-bond acceptors (Lipinski definition) is 6. The minimum absolute atomic E-state index is 0.196. The first-order valence-corrected chi connectivity index (χ1v) is 15.0. The first kappa shape index (κ1) is 27.8. The molecule has 0 radical (unpaired) electrons. The quantitative estimate of drug-likeness (QED) is 0.209. The van der Waals surface area contributed by atoms with Crippen molar-refractivity contribution in [2.75, 3.05) is 26.2 Å². The Labute approximate surface area is 251 Å². The van der Waals surface area contributed by atoms with Gasteiger partial charge in [-0.2, -0.15) is 4.99 Å². The smallest absolute Gasteiger partial charge is 0.286 e. The summed E-state index contributed by atoms with van der Waals surface area (Å²) in [5.74, 6) is 1.10. The third-order valence-corrected chi connectivity index (χ3v) is 8.29. The van der Waals surface area contributed by atoms with E-state index in [0.29, 0.717) is 29.6 Å². The largest absolute Gasteiger partial charge is 0.485 e. The zero-order chi connectivity index (χ0) is 28.6. The molecule has 4 aromatic rings. The Morgan fingerprint density at radius 2 is 1.26 bits per heavy atom. The van der Waals surface area contributed by atoms with Crippen LogP contribution in [0.3, 0.4) is 0 Å². The van der Waals surface area contributed by atoms with E-state index in [1.807, 2.05) is 91.0 Å². The number of benzene rings is 4. The number of nitrogens with zero attached hydrogens (tertiary/aromatic N) is 3. The number of carbonyl (C=O) groups excluding carboxylic acids is 1. The lowest BCUT2D eigenvalue weighted by atomic mass is 10.1. The fraction of sp³-hybridized carbons (Fsp3) is 0.200. The molecule has 4 aromatic carbocycles. The molecule has 7 heteroatoms. The number of rotatable bonds is 9. The molecule has 0 N–H and O–H groups in total. The van der Waals surface area contributed by atoms with Gasteiger partial charge in [-0.25, -0.2) is 0 Å². The summed E-state index contributed by atoms with van der Waals surface area (Å²) in [6, 6.07) is 36.4. The van der Waals surface area contributed by atoms with Crippen LogP contribution in [0.1, 0.15) is 22.3 Å². The molecule has 1 saturated heterocycles. The Bertz CT molecular complexity index is 1550. The van der Waals surface area contributed by atoms with Crippen molar-refractivity contribution in [3.63, 3.8) is 0 Å². The van der Waals surface area contributed by atoms with Gasteiger partial charge in [0.2, 0.25) is 0 Å². The first-order chi connectivity index (χ1) is 20.7. The molecule has 0 unspecified atom stereocenters. The molecule has 0 bridgehead atoms. The maximum atomic E-state index is 12.9. The van der Waals surface area contributed by atoms with Gasteiger partial charge < -0.3 is 14.4 Å². The lowest BCUT2D eigenvalue weighted by Gasteiger charge is -2.35. The van der Waals surface area contributed by atoms with E-state index in [-0.39, 0.29) is 5.91 Å². The second-order valence-corrected chi connectivity index (χ2v) is 11.3. The van der Waals surface area contributed by atoms with Crippen LogP contribution in [0.4, 0.5) is 0 Å². The molecule has 1 amide bonds. The Morgan fingerprint density at radius 3 is 1.88 bits per heavy atom. The molecule has 0 atom stereocenters. The normalized spacial score (nSPS) is 16.5. The SMILES string of the molecule is O=C1N=C(N2CCN(Cc3ccccc3)CC2)S/C1=C\c1ccc(OCc2ccccc2)c(OCc2ccccc2)c1. The highest BCUT2D eigenvalue weighted by Crippen LogP contribution is 2.34. The minimum atomic E-state index is -0.196. The monoisotopic (exact) mass is 575 g/mol. The van der Waals surface area contributed by atoms with Crippen molar-refractivity contribution in [3.8, 4) is 11.5 Å². The summed E-state index contributed by atoms with van der Waals surface area (Å²) in [5.41, 5.74) is 4.34. The molecule has 0 spiro atoms. The summed E-state index contributed by atoms with van der Waals surface area (Å²) in [7, 11) is 0. The van der Waals surface area contributed by atoms with Crippen molar-refractivity contribution in [2.45, 2.75) is 19.8 Å². The van der Waals surface area contributed by atoms with Gasteiger partial charge in [-0.05, 0) is 52.2 Å². The van der Waals surface area contributed by atoms with E-state index in [2.05, 4.69) is 39.1 Å². The van der Waals surface area contributed by atoms with E-state index >= 15 is 0 Å². The van der Waals surface area contributed by atoms with Crippen LogP contribution in [0.15, 0.2) is 119 Å². The highest BCUT2D eigenvalue weighted by Gasteiger charge is 2.28. The van der Waals surface area contributed by atoms with Gasteiger partial charge in [0.1, 0.15) is 13.2 Å². The van der Waals surface area contributed by atoms with Gasteiger partial charge in [0.15, 0.2) is 16.7 Å². The first-order valence-electron chi connectivity index (χ1n) is 14.2. The Hall–Kier alpha value is -4.33. The molecule has 1 fully saturated rings. The summed E-state index contributed by atoms with van der Waals surface area (Å²) < 4.78 is 12.4. The number of ether oxygens (including phenoxy) is 2. The molecule has 2 heterocycles. The van der Waals surface area contributed by atoms with Crippen LogP contribution in [0.2, 0.25) is 0 Å². The molecule has 0 aromatic heterocycles. The van der Waals surface area contributed by atoms with Crippen molar-refractivity contribution in [1.29, 1.82) is 0 Å². The van der Waals surface area contributed by atoms with E-state index in [9.17, 15) is 4.79 Å². The zero-order valence-electron chi connectivity index (χ0n) is 23.4. The number of carbonyl (C=O) groups is 1. The molecule has 0 aliphatic carbocycles. The molecule has 2 aliphatic rings. The van der Waals surface area contributed by atoms with Gasteiger partial charge in [-0.3, -0.25) is 9.69 Å². The third kappa shape index (κ3) is 7.29. The van der Waals surface area contributed by atoms with Crippen molar-refractivity contribution < 1.29 is 14.3 Å². The fourth-order valence-corrected chi connectivity index (χ4v) is 5.91.